The molecule has 1 N–H and O–H groups in total. The second-order valence-corrected chi connectivity index (χ2v) is 9.01. The number of nitrogens with zero attached hydrogens (tertiary/aromatic N) is 1. The van der Waals surface area contributed by atoms with Gasteiger partial charge in [-0.1, -0.05) is 0 Å². The van der Waals surface area contributed by atoms with Crippen LogP contribution in [0, 0.1) is 11.8 Å². The van der Waals surface area contributed by atoms with E-state index in [1.165, 1.54) is 10.4 Å². The highest BCUT2D eigenvalue weighted by molar-refractivity contribution is 7.88. The van der Waals surface area contributed by atoms with Gasteiger partial charge in [0, 0.05) is 19.5 Å². The summed E-state index contributed by atoms with van der Waals surface area (Å²) >= 11 is 0. The topological polar surface area (TPSA) is 75.7 Å². The lowest BCUT2D eigenvalue weighted by atomic mass is 9.82. The molecule has 0 unspecified atom stereocenters. The number of hydrogen-bond acceptors (Lipinski definition) is 4. The van der Waals surface area contributed by atoms with Crippen LogP contribution < -0.4 is 10.1 Å². The molecule has 1 saturated heterocycles. The van der Waals surface area contributed by atoms with Crippen LogP contribution in [0.5, 0.6) is 5.75 Å². The highest BCUT2D eigenvalue weighted by atomic mass is 32.2. The molecule has 1 fully saturated rings. The largest absolute Gasteiger partial charge is 0.491 e. The molecule has 2 heterocycles. The maximum Gasteiger partial charge on any atom is 0.416 e. The molecular weight excluding hydrogens is 385 g/mol. The first-order valence-corrected chi connectivity index (χ1v) is 10.5. The summed E-state index contributed by atoms with van der Waals surface area (Å²) in [7, 11) is -3.31. The Balaban J connectivity index is 1.82. The van der Waals surface area contributed by atoms with Crippen molar-refractivity contribution in [3.63, 3.8) is 0 Å². The number of rotatable bonds is 1. The highest BCUT2D eigenvalue weighted by Gasteiger charge is 2.35. The molecule has 27 heavy (non-hydrogen) atoms. The molecule has 1 aromatic rings. The van der Waals surface area contributed by atoms with Crippen LogP contribution in [0.15, 0.2) is 18.2 Å². The molecule has 0 spiro atoms. The summed E-state index contributed by atoms with van der Waals surface area (Å²) in [6, 6.07) is 2.98. The summed E-state index contributed by atoms with van der Waals surface area (Å²) in [6.07, 6.45) is -2.17. The second-order valence-electron chi connectivity index (χ2n) is 7.03. The number of piperidine rings is 1. The van der Waals surface area contributed by atoms with E-state index in [-0.39, 0.29) is 36.3 Å². The lowest BCUT2D eigenvalue weighted by molar-refractivity contribution is -0.137. The minimum Gasteiger partial charge on any atom is -0.491 e. The minimum absolute atomic E-state index is 0.00171. The van der Waals surface area contributed by atoms with Crippen LogP contribution >= 0.6 is 0 Å². The van der Waals surface area contributed by atoms with Gasteiger partial charge in [0.25, 0.3) is 0 Å². The number of hydrogen-bond donors (Lipinski definition) is 1. The fourth-order valence-corrected chi connectivity index (χ4v) is 4.53. The summed E-state index contributed by atoms with van der Waals surface area (Å²) in [4.78, 5) is 12.4. The Morgan fingerprint density at radius 3 is 2.63 bits per heavy atom. The molecule has 2 aliphatic heterocycles. The number of anilines is 1. The maximum absolute atomic E-state index is 12.9. The van der Waals surface area contributed by atoms with Gasteiger partial charge in [0.05, 0.1) is 24.1 Å². The van der Waals surface area contributed by atoms with Gasteiger partial charge >= 0.3 is 6.18 Å². The summed E-state index contributed by atoms with van der Waals surface area (Å²) in [5.74, 6) is -0.316. The number of ether oxygens (including phenoxy) is 1. The predicted octanol–water partition coefficient (Wildman–Crippen LogP) is 2.71. The molecule has 2 aliphatic rings. The Bertz CT molecular complexity index is 826. The average molecular weight is 406 g/mol. The number of carbonyl (C=O) groups excluding carboxylic acids is 1. The Morgan fingerprint density at radius 1 is 1.22 bits per heavy atom. The van der Waals surface area contributed by atoms with Crippen LogP contribution in [0.3, 0.4) is 0 Å². The van der Waals surface area contributed by atoms with Gasteiger partial charge in [-0.25, -0.2) is 12.7 Å². The molecule has 0 aromatic heterocycles. The van der Waals surface area contributed by atoms with Crippen LogP contribution in [0.2, 0.25) is 0 Å². The monoisotopic (exact) mass is 406 g/mol. The SMILES string of the molecule is CS(=O)(=O)N1CC[C@H]2CC(=O)Nc3cc(C(F)(F)F)ccc3OCC[C@H]2C1. The van der Waals surface area contributed by atoms with Gasteiger partial charge in [0.15, 0.2) is 0 Å². The quantitative estimate of drug-likeness (QED) is 0.778. The Morgan fingerprint density at radius 2 is 1.96 bits per heavy atom. The first kappa shape index (κ1) is 19.9. The van der Waals surface area contributed by atoms with Crippen molar-refractivity contribution in [1.82, 2.24) is 4.31 Å². The lowest BCUT2D eigenvalue weighted by Gasteiger charge is -2.37. The van der Waals surface area contributed by atoms with Crippen molar-refractivity contribution in [3.05, 3.63) is 23.8 Å². The number of nitrogens with one attached hydrogen (secondary N) is 1. The normalized spacial score (nSPS) is 25.0. The molecule has 150 valence electrons. The third-order valence-corrected chi connectivity index (χ3v) is 6.37. The van der Waals surface area contributed by atoms with Crippen LogP contribution in [-0.2, 0) is 21.0 Å². The highest BCUT2D eigenvalue weighted by Crippen LogP contribution is 2.37. The van der Waals surface area contributed by atoms with E-state index < -0.39 is 27.7 Å². The average Bonchev–Trinajstić information content (AvgIpc) is 2.55. The summed E-state index contributed by atoms with van der Waals surface area (Å²) in [5.41, 5.74) is -0.858. The van der Waals surface area contributed by atoms with E-state index in [1.807, 2.05) is 0 Å². The number of halogens is 3. The van der Waals surface area contributed by atoms with Crippen molar-refractivity contribution in [2.75, 3.05) is 31.3 Å². The second kappa shape index (κ2) is 7.31. The van der Waals surface area contributed by atoms with E-state index in [0.717, 1.165) is 18.4 Å². The number of fused-ring (bicyclic) bond motifs is 2. The van der Waals surface area contributed by atoms with Crippen LogP contribution in [0.1, 0.15) is 24.8 Å². The van der Waals surface area contributed by atoms with Crippen molar-refractivity contribution in [3.8, 4) is 5.75 Å². The first-order valence-electron chi connectivity index (χ1n) is 8.63. The fourth-order valence-electron chi connectivity index (χ4n) is 3.63. The Kier molecular flexibility index (Phi) is 5.40. The first-order chi connectivity index (χ1) is 12.5. The van der Waals surface area contributed by atoms with Gasteiger partial charge in [-0.15, -0.1) is 0 Å². The van der Waals surface area contributed by atoms with Crippen molar-refractivity contribution >= 4 is 21.6 Å². The molecular formula is C17H21F3N2O4S. The van der Waals surface area contributed by atoms with Crippen LogP contribution in [0.25, 0.3) is 0 Å². The molecule has 10 heteroatoms. The molecule has 0 radical (unpaired) electrons. The Hall–Kier alpha value is -1.81. The zero-order valence-corrected chi connectivity index (χ0v) is 15.6. The third kappa shape index (κ3) is 4.73. The van der Waals surface area contributed by atoms with Gasteiger partial charge in [0.2, 0.25) is 15.9 Å². The van der Waals surface area contributed by atoms with Gasteiger partial charge in [-0.3, -0.25) is 4.79 Å². The molecule has 0 bridgehead atoms. The minimum atomic E-state index is -4.52. The van der Waals surface area contributed by atoms with Gasteiger partial charge in [-0.05, 0) is 42.9 Å². The number of alkyl halides is 3. The van der Waals surface area contributed by atoms with Crippen molar-refractivity contribution in [2.45, 2.75) is 25.4 Å². The third-order valence-electron chi connectivity index (χ3n) is 5.10. The Labute approximate surface area is 155 Å². The fraction of sp³-hybridized carbons (Fsp3) is 0.588. The van der Waals surface area contributed by atoms with E-state index in [0.29, 0.717) is 25.9 Å². The number of sulfonamides is 1. The van der Waals surface area contributed by atoms with Gasteiger partial charge in [0.1, 0.15) is 5.75 Å². The van der Waals surface area contributed by atoms with E-state index in [9.17, 15) is 26.4 Å². The van der Waals surface area contributed by atoms with Crippen molar-refractivity contribution in [2.24, 2.45) is 11.8 Å². The van der Waals surface area contributed by atoms with E-state index in [4.69, 9.17) is 4.74 Å². The summed E-state index contributed by atoms with van der Waals surface area (Å²) in [6.45, 7) is 0.885. The van der Waals surface area contributed by atoms with E-state index in [1.54, 1.807) is 0 Å². The molecule has 0 saturated carbocycles. The van der Waals surface area contributed by atoms with Crippen molar-refractivity contribution < 1.29 is 31.1 Å². The maximum atomic E-state index is 12.9. The zero-order valence-electron chi connectivity index (χ0n) is 14.8. The standard InChI is InChI=1S/C17H21F3N2O4S/c1-27(24,25)22-6-4-11-8-16(23)21-14-9-13(17(18,19)20)2-3-15(14)26-7-5-12(11)10-22/h2-3,9,11-12H,4-8,10H2,1H3,(H,21,23)/t11-,12-/m0/s1. The number of carbonyl (C=O) groups is 1. The number of benzene rings is 1. The number of amides is 1. The molecule has 2 atom stereocenters. The van der Waals surface area contributed by atoms with Crippen molar-refractivity contribution in [1.29, 1.82) is 0 Å². The zero-order chi connectivity index (χ0) is 19.8. The molecule has 6 nitrogen and oxygen atoms in total. The molecule has 3 rings (SSSR count). The molecule has 1 aromatic carbocycles. The molecule has 0 aliphatic carbocycles. The van der Waals surface area contributed by atoms with E-state index in [2.05, 4.69) is 5.32 Å². The summed E-state index contributed by atoms with van der Waals surface area (Å²) in [5, 5.41) is 2.52. The smallest absolute Gasteiger partial charge is 0.416 e. The summed E-state index contributed by atoms with van der Waals surface area (Å²) < 4.78 is 69.4. The van der Waals surface area contributed by atoms with Crippen LogP contribution in [0.4, 0.5) is 18.9 Å². The van der Waals surface area contributed by atoms with Gasteiger partial charge in [-0.2, -0.15) is 13.2 Å². The van der Waals surface area contributed by atoms with E-state index >= 15 is 0 Å². The van der Waals surface area contributed by atoms with Gasteiger partial charge < -0.3 is 10.1 Å². The molecule has 1 amide bonds. The predicted molar refractivity (Wildman–Crippen MR) is 92.8 cm³/mol. The lowest BCUT2D eigenvalue weighted by Crippen LogP contribution is -2.44. The van der Waals surface area contributed by atoms with Crippen LogP contribution in [-0.4, -0.2) is 44.6 Å².